The molecule has 0 bridgehead atoms. The summed E-state index contributed by atoms with van der Waals surface area (Å²) in [7, 11) is 0. The second kappa shape index (κ2) is 7.91. The third kappa shape index (κ3) is 3.83. The first-order chi connectivity index (χ1) is 13.9. The monoisotopic (exact) mass is 436 g/mol. The second-order valence-electron chi connectivity index (χ2n) is 7.26. The normalized spacial score (nSPS) is 23.8. The zero-order valence-corrected chi connectivity index (χ0v) is 17.0. The predicted octanol–water partition coefficient (Wildman–Crippen LogP) is 4.71. The molecular formula is C20H19ClF2N4OS. The van der Waals surface area contributed by atoms with Crippen LogP contribution in [0.5, 0.6) is 0 Å². The quantitative estimate of drug-likeness (QED) is 0.730. The molecule has 2 unspecified atom stereocenters. The highest BCUT2D eigenvalue weighted by Crippen LogP contribution is 2.50. The average molecular weight is 437 g/mol. The van der Waals surface area contributed by atoms with Crippen molar-refractivity contribution in [2.24, 2.45) is 16.6 Å². The number of benzene rings is 1. The van der Waals surface area contributed by atoms with Crippen molar-refractivity contribution in [1.29, 1.82) is 0 Å². The lowest BCUT2D eigenvalue weighted by Gasteiger charge is -2.44. The highest BCUT2D eigenvalue weighted by molar-refractivity contribution is 8.13. The maximum Gasteiger partial charge on any atom is 0.274 e. The highest BCUT2D eigenvalue weighted by atomic mass is 35.5. The van der Waals surface area contributed by atoms with Crippen LogP contribution in [0.15, 0.2) is 35.5 Å². The van der Waals surface area contributed by atoms with E-state index in [0.717, 1.165) is 25.3 Å². The molecule has 2 aromatic rings. The van der Waals surface area contributed by atoms with Crippen LogP contribution in [0, 0.1) is 17.6 Å². The van der Waals surface area contributed by atoms with Crippen molar-refractivity contribution in [3.05, 3.63) is 58.4 Å². The molecule has 2 aliphatic rings. The lowest BCUT2D eigenvalue weighted by Crippen LogP contribution is -2.43. The first-order valence-electron chi connectivity index (χ1n) is 9.29. The number of rotatable bonds is 3. The van der Waals surface area contributed by atoms with Gasteiger partial charge in [-0.25, -0.2) is 13.8 Å². The van der Waals surface area contributed by atoms with E-state index in [0.29, 0.717) is 22.4 Å². The van der Waals surface area contributed by atoms with Gasteiger partial charge in [0.15, 0.2) is 16.8 Å². The fraction of sp³-hybridized carbons (Fsp3) is 0.350. The Hall–Kier alpha value is -2.19. The number of thioether (sulfide) groups is 1. The Morgan fingerprint density at radius 2 is 2.14 bits per heavy atom. The molecule has 5 nitrogen and oxygen atoms in total. The minimum atomic E-state index is -1.03. The summed E-state index contributed by atoms with van der Waals surface area (Å²) < 4.78 is 29.4. The van der Waals surface area contributed by atoms with Crippen LogP contribution < -0.4 is 11.1 Å². The van der Waals surface area contributed by atoms with Gasteiger partial charge in [0, 0.05) is 29.3 Å². The summed E-state index contributed by atoms with van der Waals surface area (Å²) in [6.07, 6.45) is 4.67. The van der Waals surface area contributed by atoms with Crippen molar-refractivity contribution in [1.82, 2.24) is 4.98 Å². The highest BCUT2D eigenvalue weighted by Gasteiger charge is 2.46. The number of nitrogens with one attached hydrogen (secondary N) is 1. The minimum absolute atomic E-state index is 0.0614. The number of fused-ring (bicyclic) bond motifs is 1. The van der Waals surface area contributed by atoms with Crippen molar-refractivity contribution >= 4 is 40.1 Å². The van der Waals surface area contributed by atoms with Gasteiger partial charge in [-0.05, 0) is 37.0 Å². The van der Waals surface area contributed by atoms with Gasteiger partial charge in [-0.2, -0.15) is 0 Å². The number of pyridine rings is 1. The maximum atomic E-state index is 14.9. The fourth-order valence-electron chi connectivity index (χ4n) is 4.11. The van der Waals surface area contributed by atoms with E-state index >= 15 is 0 Å². The Labute approximate surface area is 176 Å². The van der Waals surface area contributed by atoms with E-state index in [2.05, 4.69) is 15.3 Å². The molecule has 0 saturated heterocycles. The number of halogens is 3. The maximum absolute atomic E-state index is 14.9. The number of amidine groups is 1. The molecule has 0 spiro atoms. The van der Waals surface area contributed by atoms with E-state index in [1.807, 2.05) is 0 Å². The molecule has 1 amide bonds. The van der Waals surface area contributed by atoms with Crippen LogP contribution in [0.2, 0.25) is 5.02 Å². The molecule has 2 atom stereocenters. The van der Waals surface area contributed by atoms with E-state index < -0.39 is 23.1 Å². The number of aliphatic imine (C=N–C) groups is 1. The van der Waals surface area contributed by atoms with Gasteiger partial charge in [0.05, 0.1) is 10.6 Å². The first-order valence-corrected chi connectivity index (χ1v) is 10.7. The number of nitrogens with zero attached hydrogens (tertiary/aromatic N) is 2. The van der Waals surface area contributed by atoms with E-state index in [9.17, 15) is 13.6 Å². The van der Waals surface area contributed by atoms with Crippen LogP contribution in [0.3, 0.4) is 0 Å². The SMILES string of the molecule is NC1=NC2(c3cc(NC(=O)c4ccc(Cl)cn4)cc(F)c3F)CCCCC2CS1. The van der Waals surface area contributed by atoms with Crippen molar-refractivity contribution in [2.45, 2.75) is 31.2 Å². The summed E-state index contributed by atoms with van der Waals surface area (Å²) in [5.41, 5.74) is 5.47. The predicted molar refractivity (Wildman–Crippen MR) is 111 cm³/mol. The van der Waals surface area contributed by atoms with E-state index in [4.69, 9.17) is 17.3 Å². The summed E-state index contributed by atoms with van der Waals surface area (Å²) in [4.78, 5) is 21.0. The molecule has 1 fully saturated rings. The Bertz CT molecular complexity index is 985. The number of nitrogens with two attached hydrogens (primary N) is 1. The smallest absolute Gasteiger partial charge is 0.274 e. The molecule has 29 heavy (non-hydrogen) atoms. The molecular weight excluding hydrogens is 418 g/mol. The molecule has 1 aromatic heterocycles. The molecule has 1 saturated carbocycles. The topological polar surface area (TPSA) is 80.4 Å². The van der Waals surface area contributed by atoms with Crippen LogP contribution in [-0.4, -0.2) is 21.8 Å². The van der Waals surface area contributed by atoms with Crippen LogP contribution in [-0.2, 0) is 5.54 Å². The van der Waals surface area contributed by atoms with Crippen molar-refractivity contribution in [3.63, 3.8) is 0 Å². The van der Waals surface area contributed by atoms with Crippen LogP contribution in [0.1, 0.15) is 41.7 Å². The first kappa shape index (κ1) is 20.1. The van der Waals surface area contributed by atoms with Crippen molar-refractivity contribution < 1.29 is 13.6 Å². The molecule has 0 radical (unpaired) electrons. The van der Waals surface area contributed by atoms with Crippen molar-refractivity contribution in [2.75, 3.05) is 11.1 Å². The van der Waals surface area contributed by atoms with Gasteiger partial charge in [-0.15, -0.1) is 0 Å². The summed E-state index contributed by atoms with van der Waals surface area (Å²) in [5.74, 6) is -1.75. The summed E-state index contributed by atoms with van der Waals surface area (Å²) in [5, 5.41) is 3.36. The number of anilines is 1. The van der Waals surface area contributed by atoms with Gasteiger partial charge in [-0.1, -0.05) is 36.2 Å². The Morgan fingerprint density at radius 1 is 1.31 bits per heavy atom. The Kier molecular flexibility index (Phi) is 5.48. The average Bonchev–Trinajstić information content (AvgIpc) is 2.70. The van der Waals surface area contributed by atoms with Crippen LogP contribution >= 0.6 is 23.4 Å². The van der Waals surface area contributed by atoms with Crippen LogP contribution in [0.4, 0.5) is 14.5 Å². The van der Waals surface area contributed by atoms with Gasteiger partial charge in [-0.3, -0.25) is 9.79 Å². The number of carbonyl (C=O) groups is 1. The largest absolute Gasteiger partial charge is 0.379 e. The van der Waals surface area contributed by atoms with Gasteiger partial charge in [0.25, 0.3) is 5.91 Å². The lowest BCUT2D eigenvalue weighted by molar-refractivity contribution is 0.102. The lowest BCUT2D eigenvalue weighted by atomic mass is 9.69. The van der Waals surface area contributed by atoms with E-state index in [-0.39, 0.29) is 22.9 Å². The van der Waals surface area contributed by atoms with Gasteiger partial charge in [0.2, 0.25) is 0 Å². The van der Waals surface area contributed by atoms with Gasteiger partial charge >= 0.3 is 0 Å². The molecule has 1 aromatic carbocycles. The molecule has 2 heterocycles. The van der Waals surface area contributed by atoms with Crippen molar-refractivity contribution in [3.8, 4) is 0 Å². The number of hydrogen-bond donors (Lipinski definition) is 2. The third-order valence-electron chi connectivity index (χ3n) is 5.49. The number of amides is 1. The third-order valence-corrected chi connectivity index (χ3v) is 6.67. The minimum Gasteiger partial charge on any atom is -0.379 e. The molecule has 152 valence electrons. The zero-order chi connectivity index (χ0) is 20.6. The fourth-order valence-corrected chi connectivity index (χ4v) is 5.26. The van der Waals surface area contributed by atoms with E-state index in [1.165, 1.54) is 36.2 Å². The summed E-state index contributed by atoms with van der Waals surface area (Å²) in [6, 6.07) is 5.42. The molecule has 9 heteroatoms. The number of hydrogen-bond acceptors (Lipinski definition) is 5. The molecule has 3 N–H and O–H groups in total. The zero-order valence-electron chi connectivity index (χ0n) is 15.4. The van der Waals surface area contributed by atoms with Crippen LogP contribution in [0.25, 0.3) is 0 Å². The summed E-state index contributed by atoms with van der Waals surface area (Å²) in [6.45, 7) is 0. The summed E-state index contributed by atoms with van der Waals surface area (Å²) >= 11 is 7.23. The number of carbonyl (C=O) groups excluding carboxylic acids is 1. The van der Waals surface area contributed by atoms with E-state index in [1.54, 1.807) is 0 Å². The Morgan fingerprint density at radius 3 is 2.90 bits per heavy atom. The molecule has 1 aliphatic carbocycles. The molecule has 1 aliphatic heterocycles. The van der Waals surface area contributed by atoms with Gasteiger partial charge < -0.3 is 11.1 Å². The molecule has 4 rings (SSSR count). The standard InChI is InChI=1S/C20H19ClF2N4OS/c21-12-4-5-16(25-9-12)18(28)26-13-7-14(17(23)15(22)8-13)20-6-2-1-3-11(20)10-29-19(24)27-20/h4-5,7-9,11H,1-3,6,10H2,(H2,24,27)(H,26,28). The Balaban J connectivity index is 1.73. The number of aromatic nitrogens is 1. The second-order valence-corrected chi connectivity index (χ2v) is 8.74. The van der Waals surface area contributed by atoms with Gasteiger partial charge in [0.1, 0.15) is 5.69 Å².